The van der Waals surface area contributed by atoms with E-state index in [0.29, 0.717) is 0 Å². The molecule has 0 aliphatic carbocycles. The van der Waals surface area contributed by atoms with Crippen LogP contribution in [-0.2, 0) is 42.8 Å². The number of nitriles is 1. The van der Waals surface area contributed by atoms with Crippen LogP contribution >= 0.6 is 23.8 Å². The molecule has 2 fully saturated rings. The van der Waals surface area contributed by atoms with Gasteiger partial charge in [0.2, 0.25) is 22.0 Å². The van der Waals surface area contributed by atoms with Crippen LogP contribution in [0.15, 0.2) is 6.20 Å². The van der Waals surface area contributed by atoms with E-state index in [1.165, 1.54) is 0 Å². The monoisotopic (exact) mass is 692 g/mol. The van der Waals surface area contributed by atoms with E-state index in [1.54, 1.807) is 33.8 Å². The highest BCUT2D eigenvalue weighted by Crippen LogP contribution is 2.59. The summed E-state index contributed by atoms with van der Waals surface area (Å²) in [4.78, 5) is 32.4. The van der Waals surface area contributed by atoms with Gasteiger partial charge < -0.3 is 31.4 Å². The van der Waals surface area contributed by atoms with Crippen LogP contribution in [-0.4, -0.2) is 85.3 Å². The van der Waals surface area contributed by atoms with Gasteiger partial charge in [-0.25, -0.2) is 18.5 Å². The Morgan fingerprint density at radius 1 is 1.42 bits per heavy atom. The zero-order valence-electron chi connectivity index (χ0n) is 23.5. The maximum absolute atomic E-state index is 16.1. The third-order valence-electron chi connectivity index (χ3n) is 6.61. The number of anilines is 2. The van der Waals surface area contributed by atoms with Gasteiger partial charge in [0.15, 0.2) is 17.6 Å². The van der Waals surface area contributed by atoms with Gasteiger partial charge in [0.05, 0.1) is 31.9 Å². The molecule has 17 nitrogen and oxygen atoms in total. The number of ether oxygens (including phenoxy) is 2. The number of phosphoric ester groups is 1. The lowest BCUT2D eigenvalue weighted by Gasteiger charge is -2.39. The molecule has 20 heteroatoms. The molecule has 6 N–H and O–H groups in total. The van der Waals surface area contributed by atoms with Gasteiger partial charge in [0, 0.05) is 12.0 Å². The molecule has 2 saturated heterocycles. The summed E-state index contributed by atoms with van der Waals surface area (Å²) < 4.78 is 54.4. The van der Waals surface area contributed by atoms with Crippen molar-refractivity contribution in [3.05, 3.63) is 11.9 Å². The fourth-order valence-electron chi connectivity index (χ4n) is 4.45. The zero-order chi connectivity index (χ0) is 32.0. The van der Waals surface area contributed by atoms with Crippen molar-refractivity contribution in [2.24, 2.45) is 5.41 Å². The molecule has 2 aromatic rings. The Balaban J connectivity index is 1.49. The molecule has 4 heterocycles. The number of aliphatic hydroxyl groups is 1. The van der Waals surface area contributed by atoms with Crippen molar-refractivity contribution in [1.82, 2.24) is 24.9 Å². The third-order valence-corrected chi connectivity index (χ3v) is 9.02. The summed E-state index contributed by atoms with van der Waals surface area (Å²) in [6.45, 7) is 5.51. The second kappa shape index (κ2) is 11.8. The van der Waals surface area contributed by atoms with Crippen molar-refractivity contribution < 1.29 is 46.7 Å². The van der Waals surface area contributed by atoms with Crippen molar-refractivity contribution in [3.8, 4) is 6.07 Å². The zero-order valence-corrected chi connectivity index (χ0v) is 26.0. The van der Waals surface area contributed by atoms with Gasteiger partial charge in [-0.2, -0.15) is 10.2 Å². The summed E-state index contributed by atoms with van der Waals surface area (Å²) in [6, 6.07) is 1.70. The molecule has 0 aromatic carbocycles. The van der Waals surface area contributed by atoms with Crippen molar-refractivity contribution in [1.29, 1.82) is 5.26 Å². The molecule has 4 rings (SSSR count). The molecule has 0 saturated carbocycles. The largest absolute Gasteiger partial charge is 0.475 e. The molecular formula is C23H31BrFN8O9P. The van der Waals surface area contributed by atoms with E-state index < -0.39 is 60.2 Å². The average Bonchev–Trinajstić information content (AvgIpc) is 3.41. The molecule has 0 bridgehead atoms. The van der Waals surface area contributed by atoms with Gasteiger partial charge in [-0.15, -0.1) is 5.10 Å². The number of carbonyl (C=O) groups excluding carboxylic acids is 2. The first-order chi connectivity index (χ1) is 20.0. The summed E-state index contributed by atoms with van der Waals surface area (Å²) >= 11 is 2.76. The number of nitrogens with one attached hydrogen (secondary N) is 1. The summed E-state index contributed by atoms with van der Waals surface area (Å²) in [7, 11) is -4.49. The lowest BCUT2D eigenvalue weighted by molar-refractivity contribution is -0.147. The van der Waals surface area contributed by atoms with E-state index in [0.717, 1.165) is 10.7 Å². The molecule has 2 unspecified atom stereocenters. The van der Waals surface area contributed by atoms with Crippen molar-refractivity contribution >= 4 is 53.0 Å². The molecule has 0 radical (unpaired) electrons. The maximum Gasteiger partial charge on any atom is 0.475 e. The highest BCUT2D eigenvalue weighted by Gasteiger charge is 2.69. The normalized spacial score (nSPS) is 32.0. The minimum atomic E-state index is -4.49. The minimum absolute atomic E-state index is 0.0582. The van der Waals surface area contributed by atoms with Crippen LogP contribution in [0, 0.1) is 16.7 Å². The van der Waals surface area contributed by atoms with E-state index in [4.69, 9.17) is 34.5 Å². The Morgan fingerprint density at radius 2 is 2.12 bits per heavy atom. The van der Waals surface area contributed by atoms with Crippen molar-refractivity contribution in [2.45, 2.75) is 68.7 Å². The molecule has 6 atom stereocenters. The Kier molecular flexibility index (Phi) is 9.07. The fraction of sp³-hybridized carbons (Fsp3) is 0.652. The Bertz CT molecular complexity index is 1500. The number of aromatic nitrogens is 4. The van der Waals surface area contributed by atoms with Gasteiger partial charge in [-0.05, 0) is 29.8 Å². The van der Waals surface area contributed by atoms with Gasteiger partial charge in [0.1, 0.15) is 24.0 Å². The Labute approximate surface area is 253 Å². The molecule has 2 aliphatic heterocycles. The summed E-state index contributed by atoms with van der Waals surface area (Å²) in [6.07, 6.45) is -4.41. The van der Waals surface area contributed by atoms with Crippen LogP contribution in [0.2, 0.25) is 0 Å². The minimum Gasteiger partial charge on any atom is -0.463 e. The molecule has 1 amide bonds. The number of rotatable bonds is 9. The first kappa shape index (κ1) is 32.9. The standard InChI is InChI=1S/C23H31BrFN8O9P/c1-11(2)40-14(34)5-6-29-19(36)16-21(3,4)10-39-43(37,42-16)38-8-12-15(35)23(24,25)22(9-26,41-12)13-7-30-18-17(27)31-20(28)32-33(13)18/h7,11-12,15-16,35H,5-6,8,10H2,1-4H3,(H,29,36)(H4,27,28,31,32)/t12-,15?,16+,22+,23-,43?/m1/s1. The number of hydrogen-bond acceptors (Lipinski definition) is 15. The number of hydrogen-bond donors (Lipinski definition) is 4. The van der Waals surface area contributed by atoms with Gasteiger partial charge in [0.25, 0.3) is 0 Å². The van der Waals surface area contributed by atoms with Crippen molar-refractivity contribution in [2.75, 3.05) is 31.2 Å². The lowest BCUT2D eigenvalue weighted by atomic mass is 9.87. The lowest BCUT2D eigenvalue weighted by Crippen LogP contribution is -2.50. The highest BCUT2D eigenvalue weighted by molar-refractivity contribution is 9.10. The predicted octanol–water partition coefficient (Wildman–Crippen LogP) is 0.852. The van der Waals surface area contributed by atoms with Crippen LogP contribution in [0.25, 0.3) is 5.65 Å². The highest BCUT2D eigenvalue weighted by atomic mass is 79.9. The van der Waals surface area contributed by atoms with Gasteiger partial charge >= 0.3 is 13.8 Å². The summed E-state index contributed by atoms with van der Waals surface area (Å²) in [5.74, 6) is -1.67. The number of nitrogens with two attached hydrogens (primary N) is 2. The number of nitrogens with zero attached hydrogens (tertiary/aromatic N) is 5. The second-order valence-corrected chi connectivity index (χ2v) is 13.6. The first-order valence-corrected chi connectivity index (χ1v) is 15.2. The number of halogens is 2. The SMILES string of the molecule is CC(C)OC(=O)CCNC(=O)[C@@H]1OP(=O)(OC[C@H]2O[C@@](C#N)(c3cnc4c(N)nc(N)nn34)[C@@](F)(Br)C2O)OCC1(C)C. The Morgan fingerprint density at radius 3 is 2.77 bits per heavy atom. The fourth-order valence-corrected chi connectivity index (χ4v) is 6.78. The van der Waals surface area contributed by atoms with E-state index >= 15 is 4.39 Å². The average molecular weight is 693 g/mol. The topological polar surface area (TPSA) is 249 Å². The molecule has 2 aromatic heterocycles. The summed E-state index contributed by atoms with van der Waals surface area (Å²) in [5, 5.41) is 27.4. The van der Waals surface area contributed by atoms with Crippen LogP contribution in [0.4, 0.5) is 16.2 Å². The number of amides is 1. The van der Waals surface area contributed by atoms with Crippen molar-refractivity contribution in [3.63, 3.8) is 0 Å². The number of fused-ring (bicyclic) bond motifs is 1. The van der Waals surface area contributed by atoms with E-state index in [1.807, 2.05) is 0 Å². The van der Waals surface area contributed by atoms with E-state index in [9.17, 15) is 24.5 Å². The molecule has 0 spiro atoms. The maximum atomic E-state index is 16.1. The number of aliphatic hydroxyl groups excluding tert-OH is 1. The van der Waals surface area contributed by atoms with Gasteiger partial charge in [-0.3, -0.25) is 23.2 Å². The van der Waals surface area contributed by atoms with Crippen LogP contribution in [0.5, 0.6) is 0 Å². The number of carbonyl (C=O) groups is 2. The molecule has 2 aliphatic rings. The van der Waals surface area contributed by atoms with E-state index in [2.05, 4.69) is 36.3 Å². The number of esters is 1. The number of alkyl halides is 2. The second-order valence-electron chi connectivity index (χ2n) is 10.8. The Hall–Kier alpha value is -2.98. The van der Waals surface area contributed by atoms with E-state index in [-0.39, 0.29) is 48.8 Å². The number of imidazole rings is 1. The number of phosphoric acid groups is 1. The molecule has 236 valence electrons. The quantitative estimate of drug-likeness (QED) is 0.161. The first-order valence-electron chi connectivity index (χ1n) is 12.9. The molecular weight excluding hydrogens is 662 g/mol. The van der Waals surface area contributed by atoms with Crippen LogP contribution < -0.4 is 16.8 Å². The molecule has 43 heavy (non-hydrogen) atoms. The smallest absolute Gasteiger partial charge is 0.463 e. The van der Waals surface area contributed by atoms with Crippen LogP contribution in [0.1, 0.15) is 39.8 Å². The summed E-state index contributed by atoms with van der Waals surface area (Å²) in [5.41, 5.74) is 7.55. The number of nitrogen functional groups attached to an aromatic ring is 2. The van der Waals surface area contributed by atoms with Crippen LogP contribution in [0.3, 0.4) is 0 Å². The van der Waals surface area contributed by atoms with Gasteiger partial charge in [-0.1, -0.05) is 13.8 Å². The predicted molar refractivity (Wildman–Crippen MR) is 148 cm³/mol. The third kappa shape index (κ3) is 6.18.